The van der Waals surface area contributed by atoms with Gasteiger partial charge in [-0.1, -0.05) is 23.7 Å². The van der Waals surface area contributed by atoms with Crippen LogP contribution in [0, 0.1) is 0 Å². The Kier molecular flexibility index (Phi) is 6.18. The van der Waals surface area contributed by atoms with Gasteiger partial charge in [-0.2, -0.15) is 0 Å². The van der Waals surface area contributed by atoms with E-state index in [1.165, 1.54) is 11.3 Å². The molecule has 0 aliphatic heterocycles. The first kappa shape index (κ1) is 19.7. The summed E-state index contributed by atoms with van der Waals surface area (Å²) in [5, 5.41) is 5.30. The fraction of sp³-hybridized carbons (Fsp3) is 0.100. The number of primary amides is 1. The molecule has 1 aromatic heterocycles. The molecule has 2 amide bonds. The first-order valence-corrected chi connectivity index (χ1v) is 9.48. The lowest BCUT2D eigenvalue weighted by atomic mass is 10.1. The summed E-state index contributed by atoms with van der Waals surface area (Å²) < 4.78 is 11.1. The number of para-hydroxylation sites is 1. The van der Waals surface area contributed by atoms with Gasteiger partial charge >= 0.3 is 0 Å². The molecule has 3 rings (SSSR count). The predicted molar refractivity (Wildman–Crippen MR) is 110 cm³/mol. The van der Waals surface area contributed by atoms with Crippen molar-refractivity contribution in [2.45, 2.75) is 6.61 Å². The van der Waals surface area contributed by atoms with Gasteiger partial charge in [-0.25, -0.2) is 0 Å². The number of nitrogens with one attached hydrogen (secondary N) is 1. The Morgan fingerprint density at radius 3 is 2.64 bits per heavy atom. The van der Waals surface area contributed by atoms with Crippen molar-refractivity contribution in [1.29, 1.82) is 0 Å². The summed E-state index contributed by atoms with van der Waals surface area (Å²) in [5.41, 5.74) is 6.66. The molecule has 0 spiro atoms. The van der Waals surface area contributed by atoms with Crippen molar-refractivity contribution in [3.8, 4) is 11.5 Å². The van der Waals surface area contributed by atoms with Crippen molar-refractivity contribution in [3.63, 3.8) is 0 Å². The average molecular weight is 417 g/mol. The van der Waals surface area contributed by atoms with Crippen molar-refractivity contribution in [2.75, 3.05) is 12.4 Å². The third-order valence-electron chi connectivity index (χ3n) is 3.92. The number of rotatable bonds is 7. The molecule has 0 bridgehead atoms. The Balaban J connectivity index is 1.80. The Morgan fingerprint density at radius 1 is 1.14 bits per heavy atom. The van der Waals surface area contributed by atoms with E-state index in [0.29, 0.717) is 32.6 Å². The fourth-order valence-corrected chi connectivity index (χ4v) is 3.50. The Labute approximate surface area is 170 Å². The van der Waals surface area contributed by atoms with Crippen molar-refractivity contribution in [3.05, 3.63) is 75.6 Å². The van der Waals surface area contributed by atoms with Gasteiger partial charge in [0.25, 0.3) is 11.8 Å². The van der Waals surface area contributed by atoms with E-state index in [0.717, 1.165) is 0 Å². The molecule has 1 heterocycles. The topological polar surface area (TPSA) is 90.6 Å². The molecule has 0 aliphatic rings. The monoisotopic (exact) mass is 416 g/mol. The second-order valence-electron chi connectivity index (χ2n) is 5.73. The summed E-state index contributed by atoms with van der Waals surface area (Å²) in [5.74, 6) is 0.148. The molecule has 0 saturated heterocycles. The lowest BCUT2D eigenvalue weighted by Gasteiger charge is -2.13. The zero-order valence-corrected chi connectivity index (χ0v) is 16.5. The lowest BCUT2D eigenvalue weighted by molar-refractivity contribution is 0.100. The molecular weight excluding hydrogens is 400 g/mol. The molecule has 0 atom stereocenters. The van der Waals surface area contributed by atoms with Crippen LogP contribution in [0.15, 0.2) is 53.9 Å². The van der Waals surface area contributed by atoms with E-state index in [1.54, 1.807) is 48.9 Å². The molecule has 2 aromatic carbocycles. The van der Waals surface area contributed by atoms with Gasteiger partial charge in [0, 0.05) is 11.1 Å². The minimum atomic E-state index is -0.597. The number of methoxy groups -OCH3 is 1. The first-order valence-electron chi connectivity index (χ1n) is 8.22. The zero-order chi connectivity index (χ0) is 20.1. The number of benzene rings is 2. The maximum atomic E-state index is 12.6. The fourth-order valence-electron chi connectivity index (χ4n) is 2.53. The highest BCUT2D eigenvalue weighted by Crippen LogP contribution is 2.28. The number of amides is 2. The quantitative estimate of drug-likeness (QED) is 0.599. The number of carbonyl (C=O) groups excluding carboxylic acids is 2. The summed E-state index contributed by atoms with van der Waals surface area (Å²) in [7, 11) is 1.54. The minimum absolute atomic E-state index is 0.166. The van der Waals surface area contributed by atoms with Crippen LogP contribution in [0.4, 0.5) is 5.00 Å². The minimum Gasteiger partial charge on any atom is -0.496 e. The van der Waals surface area contributed by atoms with Crippen LogP contribution in [0.5, 0.6) is 11.5 Å². The van der Waals surface area contributed by atoms with Gasteiger partial charge in [-0.15, -0.1) is 11.3 Å². The van der Waals surface area contributed by atoms with Crippen LogP contribution in [0.2, 0.25) is 5.02 Å². The summed E-state index contributed by atoms with van der Waals surface area (Å²) in [6.45, 7) is 0.166. The SMILES string of the molecule is COc1ccc(C(=O)Nc2sccc2C(N)=O)cc1COc1ccccc1Cl. The first-order chi connectivity index (χ1) is 13.5. The number of carbonyl (C=O) groups is 2. The molecule has 8 heteroatoms. The van der Waals surface area contributed by atoms with Gasteiger partial charge in [-0.05, 0) is 41.8 Å². The highest BCUT2D eigenvalue weighted by Gasteiger charge is 2.16. The number of halogens is 1. The van der Waals surface area contributed by atoms with E-state index in [1.807, 2.05) is 12.1 Å². The molecule has 3 N–H and O–H groups in total. The zero-order valence-electron chi connectivity index (χ0n) is 14.9. The number of nitrogens with two attached hydrogens (primary N) is 1. The van der Waals surface area contributed by atoms with Crippen LogP contribution in [0.1, 0.15) is 26.3 Å². The summed E-state index contributed by atoms with van der Waals surface area (Å²) >= 11 is 7.33. The third-order valence-corrected chi connectivity index (χ3v) is 5.06. The Morgan fingerprint density at radius 2 is 1.93 bits per heavy atom. The highest BCUT2D eigenvalue weighted by molar-refractivity contribution is 7.14. The molecule has 144 valence electrons. The van der Waals surface area contributed by atoms with Gasteiger partial charge in [0.15, 0.2) is 0 Å². The molecule has 0 saturated carbocycles. The van der Waals surface area contributed by atoms with E-state index in [4.69, 9.17) is 26.8 Å². The number of hydrogen-bond acceptors (Lipinski definition) is 5. The van der Waals surface area contributed by atoms with Crippen molar-refractivity contribution in [2.24, 2.45) is 5.73 Å². The predicted octanol–water partition coefficient (Wildman–Crippen LogP) is 4.34. The maximum absolute atomic E-state index is 12.6. The smallest absolute Gasteiger partial charge is 0.256 e. The second-order valence-corrected chi connectivity index (χ2v) is 7.05. The highest BCUT2D eigenvalue weighted by atomic mass is 35.5. The number of anilines is 1. The van der Waals surface area contributed by atoms with Gasteiger partial charge in [-0.3, -0.25) is 9.59 Å². The van der Waals surface area contributed by atoms with Crippen LogP contribution < -0.4 is 20.5 Å². The lowest BCUT2D eigenvalue weighted by Crippen LogP contribution is -2.16. The molecule has 28 heavy (non-hydrogen) atoms. The van der Waals surface area contributed by atoms with E-state index in [9.17, 15) is 9.59 Å². The maximum Gasteiger partial charge on any atom is 0.256 e. The van der Waals surface area contributed by atoms with Crippen LogP contribution in [-0.4, -0.2) is 18.9 Å². The summed E-state index contributed by atoms with van der Waals surface area (Å²) in [4.78, 5) is 24.0. The molecule has 0 unspecified atom stereocenters. The van der Waals surface area contributed by atoms with Crippen molar-refractivity contribution in [1.82, 2.24) is 0 Å². The average Bonchev–Trinajstić information content (AvgIpc) is 3.15. The van der Waals surface area contributed by atoms with Crippen LogP contribution >= 0.6 is 22.9 Å². The summed E-state index contributed by atoms with van der Waals surface area (Å²) in [6, 6.07) is 13.7. The van der Waals surface area contributed by atoms with Crippen LogP contribution in [0.3, 0.4) is 0 Å². The number of hydrogen-bond donors (Lipinski definition) is 2. The van der Waals surface area contributed by atoms with E-state index < -0.39 is 5.91 Å². The summed E-state index contributed by atoms with van der Waals surface area (Å²) in [6.07, 6.45) is 0. The van der Waals surface area contributed by atoms with Gasteiger partial charge < -0.3 is 20.5 Å². The number of thiophene rings is 1. The third kappa shape index (κ3) is 4.44. The molecule has 3 aromatic rings. The van der Waals surface area contributed by atoms with E-state index in [-0.39, 0.29) is 18.1 Å². The van der Waals surface area contributed by atoms with Crippen LogP contribution in [0.25, 0.3) is 0 Å². The van der Waals surface area contributed by atoms with Gasteiger partial charge in [0.2, 0.25) is 0 Å². The van der Waals surface area contributed by atoms with Crippen molar-refractivity contribution >= 4 is 39.8 Å². The normalized spacial score (nSPS) is 10.4. The Bertz CT molecular complexity index is 1020. The largest absolute Gasteiger partial charge is 0.496 e. The molecule has 6 nitrogen and oxygen atoms in total. The molecule has 0 fully saturated rings. The molecular formula is C20H17ClN2O4S. The number of ether oxygens (including phenoxy) is 2. The standard InChI is InChI=1S/C20H17ClN2O4S/c1-26-16-7-6-12(19(25)23-20-14(18(22)24)8-9-28-20)10-13(16)11-27-17-5-3-2-4-15(17)21/h2-10H,11H2,1H3,(H2,22,24)(H,23,25). The van der Waals surface area contributed by atoms with Gasteiger partial charge in [0.1, 0.15) is 23.1 Å². The van der Waals surface area contributed by atoms with Crippen LogP contribution in [-0.2, 0) is 6.61 Å². The Hall–Kier alpha value is -3.03. The molecule has 0 radical (unpaired) electrons. The molecule has 0 aliphatic carbocycles. The van der Waals surface area contributed by atoms with E-state index in [2.05, 4.69) is 5.32 Å². The second kappa shape index (κ2) is 8.77. The van der Waals surface area contributed by atoms with Crippen molar-refractivity contribution < 1.29 is 19.1 Å². The van der Waals surface area contributed by atoms with Gasteiger partial charge in [0.05, 0.1) is 17.7 Å². The van der Waals surface area contributed by atoms with E-state index >= 15 is 0 Å².